The zero-order valence-electron chi connectivity index (χ0n) is 11.3. The summed E-state index contributed by atoms with van der Waals surface area (Å²) in [7, 11) is 3.52. The van der Waals surface area contributed by atoms with Crippen LogP contribution in [0.15, 0.2) is 12.4 Å². The third-order valence-corrected chi connectivity index (χ3v) is 2.49. The molecule has 1 aromatic heterocycles. The van der Waals surface area contributed by atoms with Gasteiger partial charge in [0, 0.05) is 32.0 Å². The number of aromatic nitrogens is 2. The first-order chi connectivity index (χ1) is 8.65. The number of aryl methyl sites for hydroxylation is 1. The predicted octanol–water partition coefficient (Wildman–Crippen LogP) is 0.488. The van der Waals surface area contributed by atoms with E-state index in [2.05, 4.69) is 5.10 Å². The van der Waals surface area contributed by atoms with Gasteiger partial charge in [-0.15, -0.1) is 0 Å². The molecule has 0 aliphatic carbocycles. The summed E-state index contributed by atoms with van der Waals surface area (Å²) >= 11 is 0. The average molecular weight is 257 g/mol. The summed E-state index contributed by atoms with van der Waals surface area (Å²) in [6.07, 6.45) is 3.55. The van der Waals surface area contributed by atoms with Crippen LogP contribution in [-0.2, 0) is 21.3 Å². The molecule has 104 valence electrons. The van der Waals surface area contributed by atoms with Crippen molar-refractivity contribution in [3.8, 4) is 0 Å². The fourth-order valence-corrected chi connectivity index (χ4v) is 1.62. The van der Waals surface area contributed by atoms with Gasteiger partial charge in [0.1, 0.15) is 6.10 Å². The van der Waals surface area contributed by atoms with E-state index in [9.17, 15) is 0 Å². The lowest BCUT2D eigenvalue weighted by atomic mass is 10.1. The summed E-state index contributed by atoms with van der Waals surface area (Å²) in [5, 5.41) is 4.12. The summed E-state index contributed by atoms with van der Waals surface area (Å²) in [6, 6.07) is -0.0897. The van der Waals surface area contributed by atoms with Crippen LogP contribution in [-0.4, -0.2) is 49.4 Å². The third-order valence-electron chi connectivity index (χ3n) is 2.49. The maximum absolute atomic E-state index is 5.92. The Labute approximate surface area is 108 Å². The maximum Gasteiger partial charge on any atom is 0.100 e. The van der Waals surface area contributed by atoms with Crippen LogP contribution in [0.5, 0.6) is 0 Å². The van der Waals surface area contributed by atoms with E-state index in [0.717, 1.165) is 5.56 Å². The molecule has 0 radical (unpaired) electrons. The summed E-state index contributed by atoms with van der Waals surface area (Å²) in [5.41, 5.74) is 6.91. The highest BCUT2D eigenvalue weighted by molar-refractivity contribution is 5.10. The fourth-order valence-electron chi connectivity index (χ4n) is 1.62. The largest absolute Gasteiger partial charge is 0.382 e. The van der Waals surface area contributed by atoms with Crippen molar-refractivity contribution in [1.82, 2.24) is 9.78 Å². The molecule has 0 aliphatic heterocycles. The second-order valence-corrected chi connectivity index (χ2v) is 4.20. The Morgan fingerprint density at radius 3 is 2.61 bits per heavy atom. The SMILES string of the molecule is COCCOCCOC(c1cnn(C)c1)C(C)N. The standard InChI is InChI=1S/C12H23N3O3/c1-10(13)12(11-8-14-15(2)9-11)18-7-6-17-5-4-16-3/h8-10,12H,4-7,13H2,1-3H3. The van der Waals surface area contributed by atoms with Crippen molar-refractivity contribution in [2.24, 2.45) is 12.8 Å². The van der Waals surface area contributed by atoms with E-state index in [0.29, 0.717) is 26.4 Å². The average Bonchev–Trinajstić information content (AvgIpc) is 2.74. The van der Waals surface area contributed by atoms with Gasteiger partial charge in [0.05, 0.1) is 32.6 Å². The van der Waals surface area contributed by atoms with Crippen molar-refractivity contribution in [3.63, 3.8) is 0 Å². The van der Waals surface area contributed by atoms with Crippen LogP contribution in [0.2, 0.25) is 0 Å². The van der Waals surface area contributed by atoms with Crippen LogP contribution in [0.4, 0.5) is 0 Å². The van der Waals surface area contributed by atoms with Gasteiger partial charge in [-0.1, -0.05) is 0 Å². The van der Waals surface area contributed by atoms with Gasteiger partial charge in [-0.25, -0.2) is 0 Å². The molecule has 0 saturated heterocycles. The molecular formula is C12H23N3O3. The lowest BCUT2D eigenvalue weighted by Gasteiger charge is -2.20. The minimum atomic E-state index is -0.148. The molecule has 0 saturated carbocycles. The van der Waals surface area contributed by atoms with Gasteiger partial charge in [0.15, 0.2) is 0 Å². The summed E-state index contributed by atoms with van der Waals surface area (Å²) in [6.45, 7) is 4.13. The van der Waals surface area contributed by atoms with E-state index >= 15 is 0 Å². The Kier molecular flexibility index (Phi) is 6.89. The van der Waals surface area contributed by atoms with Crippen molar-refractivity contribution in [2.75, 3.05) is 33.5 Å². The lowest BCUT2D eigenvalue weighted by molar-refractivity contribution is -0.0142. The molecule has 18 heavy (non-hydrogen) atoms. The molecule has 1 heterocycles. The van der Waals surface area contributed by atoms with Gasteiger partial charge in [-0.05, 0) is 6.92 Å². The van der Waals surface area contributed by atoms with Crippen LogP contribution in [0.1, 0.15) is 18.6 Å². The number of nitrogens with two attached hydrogens (primary N) is 1. The smallest absolute Gasteiger partial charge is 0.100 e. The molecule has 2 N–H and O–H groups in total. The monoisotopic (exact) mass is 257 g/mol. The summed E-state index contributed by atoms with van der Waals surface area (Å²) in [4.78, 5) is 0. The van der Waals surface area contributed by atoms with Gasteiger partial charge in [-0.2, -0.15) is 5.10 Å². The topological polar surface area (TPSA) is 71.5 Å². The van der Waals surface area contributed by atoms with Crippen molar-refractivity contribution in [1.29, 1.82) is 0 Å². The van der Waals surface area contributed by atoms with Crippen LogP contribution < -0.4 is 5.73 Å². The Morgan fingerprint density at radius 2 is 2.06 bits per heavy atom. The van der Waals surface area contributed by atoms with E-state index in [4.69, 9.17) is 19.9 Å². The molecule has 0 aliphatic rings. The molecule has 1 rings (SSSR count). The van der Waals surface area contributed by atoms with Gasteiger partial charge in [0.2, 0.25) is 0 Å². The zero-order chi connectivity index (χ0) is 13.4. The molecule has 0 amide bonds. The number of methoxy groups -OCH3 is 1. The summed E-state index contributed by atoms with van der Waals surface area (Å²) < 4.78 is 17.7. The van der Waals surface area contributed by atoms with Crippen molar-refractivity contribution < 1.29 is 14.2 Å². The Morgan fingerprint density at radius 1 is 1.33 bits per heavy atom. The van der Waals surface area contributed by atoms with Crippen LogP contribution >= 0.6 is 0 Å². The van der Waals surface area contributed by atoms with Gasteiger partial charge < -0.3 is 19.9 Å². The molecule has 0 aromatic carbocycles. The van der Waals surface area contributed by atoms with Crippen LogP contribution in [0, 0.1) is 0 Å². The molecule has 6 heteroatoms. The van der Waals surface area contributed by atoms with E-state index in [-0.39, 0.29) is 12.1 Å². The molecule has 0 bridgehead atoms. The minimum absolute atomic E-state index is 0.0897. The summed E-state index contributed by atoms with van der Waals surface area (Å²) in [5.74, 6) is 0. The van der Waals surface area contributed by atoms with E-state index in [1.54, 1.807) is 18.0 Å². The van der Waals surface area contributed by atoms with Crippen LogP contribution in [0.3, 0.4) is 0 Å². The lowest BCUT2D eigenvalue weighted by Crippen LogP contribution is -2.28. The second-order valence-electron chi connectivity index (χ2n) is 4.20. The molecule has 0 fully saturated rings. The fraction of sp³-hybridized carbons (Fsp3) is 0.750. The highest BCUT2D eigenvalue weighted by atomic mass is 16.5. The molecular weight excluding hydrogens is 234 g/mol. The highest BCUT2D eigenvalue weighted by Crippen LogP contribution is 2.19. The van der Waals surface area contributed by atoms with Gasteiger partial charge >= 0.3 is 0 Å². The molecule has 0 spiro atoms. The van der Waals surface area contributed by atoms with Crippen molar-refractivity contribution >= 4 is 0 Å². The number of ether oxygens (including phenoxy) is 3. The first-order valence-electron chi connectivity index (χ1n) is 6.07. The van der Waals surface area contributed by atoms with E-state index < -0.39 is 0 Å². The number of hydrogen-bond acceptors (Lipinski definition) is 5. The van der Waals surface area contributed by atoms with Crippen LogP contribution in [0.25, 0.3) is 0 Å². The quantitative estimate of drug-likeness (QED) is 0.652. The van der Waals surface area contributed by atoms with Gasteiger partial charge in [-0.3, -0.25) is 4.68 Å². The van der Waals surface area contributed by atoms with Gasteiger partial charge in [0.25, 0.3) is 0 Å². The number of hydrogen-bond donors (Lipinski definition) is 1. The normalized spacial score (nSPS) is 14.7. The Balaban J connectivity index is 2.31. The first-order valence-corrected chi connectivity index (χ1v) is 6.07. The predicted molar refractivity (Wildman–Crippen MR) is 68.2 cm³/mol. The van der Waals surface area contributed by atoms with E-state index in [1.807, 2.05) is 20.2 Å². The highest BCUT2D eigenvalue weighted by Gasteiger charge is 2.18. The van der Waals surface area contributed by atoms with Crippen molar-refractivity contribution in [2.45, 2.75) is 19.1 Å². The zero-order valence-corrected chi connectivity index (χ0v) is 11.3. The number of rotatable bonds is 9. The number of nitrogens with zero attached hydrogens (tertiary/aromatic N) is 2. The first kappa shape index (κ1) is 15.1. The molecule has 2 atom stereocenters. The molecule has 2 unspecified atom stereocenters. The minimum Gasteiger partial charge on any atom is -0.382 e. The molecule has 6 nitrogen and oxygen atoms in total. The van der Waals surface area contributed by atoms with Crippen molar-refractivity contribution in [3.05, 3.63) is 18.0 Å². The molecule has 1 aromatic rings. The maximum atomic E-state index is 5.92. The Hall–Kier alpha value is -0.950. The second kappa shape index (κ2) is 8.20. The Bertz CT molecular complexity index is 328. The third kappa shape index (κ3) is 5.14. The van der Waals surface area contributed by atoms with E-state index in [1.165, 1.54) is 0 Å².